The monoisotopic (exact) mass is 648 g/mol. The molecule has 3 atom stereocenters. The van der Waals surface area contributed by atoms with Gasteiger partial charge in [0.05, 0.1) is 41.0 Å². The van der Waals surface area contributed by atoms with E-state index < -0.39 is 0 Å². The van der Waals surface area contributed by atoms with Crippen LogP contribution in [0.2, 0.25) is 0 Å². The molecule has 6 rings (SSSR count). The number of H-pyrrole nitrogens is 2. The largest absolute Gasteiger partial charge is 0.493 e. The highest BCUT2D eigenvalue weighted by Crippen LogP contribution is 2.45. The first-order valence-electron chi connectivity index (χ1n) is 17.3. The molecule has 0 radical (unpaired) electrons. The summed E-state index contributed by atoms with van der Waals surface area (Å²) in [6.45, 7) is 17.8. The number of carbonyl (C=O) groups excluding carboxylic acids is 3. The predicted molar refractivity (Wildman–Crippen MR) is 191 cm³/mol. The minimum absolute atomic E-state index is 0.0784. The average Bonchev–Trinajstić information content (AvgIpc) is 3.73. The van der Waals surface area contributed by atoms with E-state index >= 15 is 0 Å². The second-order valence-corrected chi connectivity index (χ2v) is 13.4. The quantitative estimate of drug-likeness (QED) is 0.294. The third-order valence-electron chi connectivity index (χ3n) is 10.5. The minimum atomic E-state index is -0.0784. The van der Waals surface area contributed by atoms with Gasteiger partial charge in [0.15, 0.2) is 5.76 Å². The van der Waals surface area contributed by atoms with Gasteiger partial charge >= 0.3 is 6.15 Å². The molecule has 1 aliphatic carbocycles. The predicted octanol–water partition coefficient (Wildman–Crippen LogP) is 9.73. The smallest absolute Gasteiger partial charge is 0.373 e. The topological polar surface area (TPSA) is 118 Å². The molecule has 0 amide bonds. The fourth-order valence-electron chi connectivity index (χ4n) is 7.86. The standard InChI is InChI=1S/C39H48N4O2.CO2/c1-10-13-15-26-22(6)29-17-31-24(8)35(20(4)14-11-2)33(41-31)19-28-21(5)25(12-3)32(40-28)18-30-23(7)27-16-34(45-9)39(44)36(37(26)42-29)38(27)43-30;2-1-3/h16-20,22,26,42-43H,10-15H2,1-9H3;/t20-,22+,26+;/m1./s1. The van der Waals surface area contributed by atoms with Gasteiger partial charge in [-0.05, 0) is 98.1 Å². The normalized spacial score (nSPS) is 18.2. The number of fused-ring (bicyclic) bond motifs is 8. The second kappa shape index (κ2) is 14.3. The van der Waals surface area contributed by atoms with Crippen molar-refractivity contribution in [1.82, 2.24) is 19.9 Å². The number of aromatic nitrogens is 4. The van der Waals surface area contributed by atoms with Gasteiger partial charge < -0.3 is 14.7 Å². The molecule has 0 saturated heterocycles. The van der Waals surface area contributed by atoms with Crippen molar-refractivity contribution in [2.24, 2.45) is 5.92 Å². The van der Waals surface area contributed by atoms with Crippen LogP contribution in [-0.4, -0.2) is 39.0 Å². The Balaban J connectivity index is 0.00000145. The van der Waals surface area contributed by atoms with Crippen LogP contribution in [0, 0.1) is 12.8 Å². The van der Waals surface area contributed by atoms with Gasteiger partial charge in [-0.15, -0.1) is 0 Å². The van der Waals surface area contributed by atoms with Crippen LogP contribution in [0.25, 0.3) is 39.4 Å². The zero-order chi connectivity index (χ0) is 34.9. The van der Waals surface area contributed by atoms with Crippen LogP contribution in [0.3, 0.4) is 0 Å². The van der Waals surface area contributed by atoms with Gasteiger partial charge in [0.2, 0.25) is 5.78 Å². The second-order valence-electron chi connectivity index (χ2n) is 13.4. The van der Waals surface area contributed by atoms with E-state index in [1.54, 1.807) is 7.11 Å². The molecule has 8 bridgehead atoms. The van der Waals surface area contributed by atoms with Gasteiger partial charge in [-0.25, -0.2) is 9.97 Å². The van der Waals surface area contributed by atoms with E-state index in [1.165, 1.54) is 22.3 Å². The Hall–Kier alpha value is -4.55. The maximum Gasteiger partial charge on any atom is 0.373 e. The first-order valence-corrected chi connectivity index (χ1v) is 17.3. The van der Waals surface area contributed by atoms with E-state index in [2.05, 4.69) is 83.6 Å². The number of rotatable bonds is 8. The minimum Gasteiger partial charge on any atom is -0.493 e. The molecular weight excluding hydrogens is 600 g/mol. The Morgan fingerprint density at radius 1 is 0.938 bits per heavy atom. The van der Waals surface area contributed by atoms with Gasteiger partial charge in [0.1, 0.15) is 0 Å². The first-order chi connectivity index (χ1) is 23.0. The highest BCUT2D eigenvalue weighted by atomic mass is 16.5. The van der Waals surface area contributed by atoms with Gasteiger partial charge in [-0.2, -0.15) is 9.59 Å². The number of methoxy groups -OCH3 is 1. The molecule has 2 N–H and O–H groups in total. The fourth-order valence-corrected chi connectivity index (χ4v) is 7.86. The number of nitrogens with zero attached hydrogens (tertiary/aromatic N) is 2. The maximum absolute atomic E-state index is 14.2. The lowest BCUT2D eigenvalue weighted by molar-refractivity contribution is -0.191. The molecule has 3 aliphatic heterocycles. The summed E-state index contributed by atoms with van der Waals surface area (Å²) in [5.41, 5.74) is 15.7. The van der Waals surface area contributed by atoms with Crippen molar-refractivity contribution in [1.29, 1.82) is 0 Å². The number of aromatic amines is 2. The Bertz CT molecular complexity index is 1960. The number of hydrogen-bond donors (Lipinski definition) is 2. The lowest BCUT2D eigenvalue weighted by Gasteiger charge is -2.20. The summed E-state index contributed by atoms with van der Waals surface area (Å²) >= 11 is 0. The molecule has 8 heteroatoms. The lowest BCUT2D eigenvalue weighted by atomic mass is 9.83. The number of ether oxygens (including phenoxy) is 1. The molecule has 0 saturated carbocycles. The molecule has 2 aromatic heterocycles. The van der Waals surface area contributed by atoms with Crippen molar-refractivity contribution < 1.29 is 19.1 Å². The van der Waals surface area contributed by atoms with Crippen LogP contribution in [0.1, 0.15) is 154 Å². The summed E-state index contributed by atoms with van der Waals surface area (Å²) in [6, 6.07) is 6.62. The molecule has 0 unspecified atom stereocenters. The van der Waals surface area contributed by atoms with Crippen LogP contribution in [0.4, 0.5) is 0 Å². The number of carbonyl (C=O) groups is 1. The van der Waals surface area contributed by atoms with Crippen LogP contribution < -0.4 is 0 Å². The number of allylic oxidation sites excluding steroid dienone is 5. The van der Waals surface area contributed by atoms with Gasteiger partial charge in [0, 0.05) is 34.3 Å². The van der Waals surface area contributed by atoms with E-state index in [0.29, 0.717) is 17.2 Å². The molecule has 4 aliphatic rings. The maximum atomic E-state index is 14.2. The van der Waals surface area contributed by atoms with Gasteiger partial charge in [-0.1, -0.05) is 53.9 Å². The third-order valence-corrected chi connectivity index (χ3v) is 10.5. The zero-order valence-corrected chi connectivity index (χ0v) is 29.8. The van der Waals surface area contributed by atoms with E-state index in [-0.39, 0.29) is 23.8 Å². The molecule has 8 nitrogen and oxygen atoms in total. The number of ketones is 1. The van der Waals surface area contributed by atoms with Crippen molar-refractivity contribution in [2.45, 2.75) is 106 Å². The third kappa shape index (κ3) is 5.99. The highest BCUT2D eigenvalue weighted by molar-refractivity contribution is 6.19. The number of Topliss-reactive ketones (excluding diaryl/α,β-unsaturated/α-hetero) is 1. The van der Waals surface area contributed by atoms with Crippen LogP contribution in [0.15, 0.2) is 24.0 Å². The summed E-state index contributed by atoms with van der Waals surface area (Å²) in [5, 5.41) is 0. The van der Waals surface area contributed by atoms with Crippen molar-refractivity contribution in [3.63, 3.8) is 0 Å². The van der Waals surface area contributed by atoms with Crippen molar-refractivity contribution in [3.05, 3.63) is 74.8 Å². The number of unbranched alkanes of at least 4 members (excludes halogenated alkanes) is 1. The summed E-state index contributed by atoms with van der Waals surface area (Å²) in [5.74, 6) is 1.07. The van der Waals surface area contributed by atoms with E-state index in [1.807, 2.05) is 6.08 Å². The van der Waals surface area contributed by atoms with E-state index in [4.69, 9.17) is 24.3 Å². The van der Waals surface area contributed by atoms with Gasteiger partial charge in [-0.3, -0.25) is 4.79 Å². The van der Waals surface area contributed by atoms with Crippen molar-refractivity contribution in [2.75, 3.05) is 7.11 Å². The number of aryl methyl sites for hydroxylation is 1. The Labute approximate surface area is 283 Å². The Kier molecular flexibility index (Phi) is 10.4. The first kappa shape index (κ1) is 34.8. The lowest BCUT2D eigenvalue weighted by Crippen LogP contribution is -2.14. The van der Waals surface area contributed by atoms with Crippen LogP contribution in [-0.2, 0) is 14.3 Å². The molecule has 252 valence electrons. The highest BCUT2D eigenvalue weighted by Gasteiger charge is 2.35. The van der Waals surface area contributed by atoms with Crippen molar-refractivity contribution in [3.8, 4) is 0 Å². The van der Waals surface area contributed by atoms with E-state index in [0.717, 1.165) is 94.8 Å². The van der Waals surface area contributed by atoms with Crippen LogP contribution >= 0.6 is 0 Å². The molecule has 5 heterocycles. The molecule has 0 aromatic carbocycles. The molecule has 48 heavy (non-hydrogen) atoms. The average molecular weight is 649 g/mol. The summed E-state index contributed by atoms with van der Waals surface area (Å²) in [4.78, 5) is 48.4. The molecular formula is C40H48N4O4. The van der Waals surface area contributed by atoms with Crippen molar-refractivity contribution >= 4 is 51.3 Å². The van der Waals surface area contributed by atoms with E-state index in [9.17, 15) is 4.79 Å². The Morgan fingerprint density at radius 3 is 2.27 bits per heavy atom. The molecule has 2 aromatic rings. The number of nitrogens with one attached hydrogen (secondary N) is 2. The summed E-state index contributed by atoms with van der Waals surface area (Å²) in [6.07, 6.45) is 8.44. The zero-order valence-electron chi connectivity index (χ0n) is 29.8. The summed E-state index contributed by atoms with van der Waals surface area (Å²) in [7, 11) is 1.59. The molecule has 0 fully saturated rings. The molecule has 0 spiro atoms. The number of hydrogen-bond acceptors (Lipinski definition) is 6. The van der Waals surface area contributed by atoms with Gasteiger partial charge in [0.25, 0.3) is 0 Å². The Morgan fingerprint density at radius 2 is 1.62 bits per heavy atom. The van der Waals surface area contributed by atoms with Crippen LogP contribution in [0.5, 0.6) is 0 Å². The SMILES string of the molecule is CCCC[C@@H]1c2[nH]c(cc3nc(cc4nc(cc5[nH]c6c(c5C)C=C(OC)C(=O)c26)C(CC)=C4C)C([C@H](C)CCC)=C3C)[C@H]1C.O=C=O. The summed E-state index contributed by atoms with van der Waals surface area (Å²) < 4.78 is 5.71. The fraction of sp³-hybridized carbons (Fsp3) is 0.450.